The van der Waals surface area contributed by atoms with E-state index in [9.17, 15) is 4.79 Å². The first-order valence-corrected chi connectivity index (χ1v) is 9.40. The molecule has 0 unspecified atom stereocenters. The number of furan rings is 1. The van der Waals surface area contributed by atoms with Gasteiger partial charge in [0.1, 0.15) is 5.76 Å². The van der Waals surface area contributed by atoms with Gasteiger partial charge in [-0.3, -0.25) is 9.48 Å². The van der Waals surface area contributed by atoms with Gasteiger partial charge in [0.05, 0.1) is 12.2 Å². The van der Waals surface area contributed by atoms with Gasteiger partial charge < -0.3 is 9.73 Å². The summed E-state index contributed by atoms with van der Waals surface area (Å²) in [5.74, 6) is 3.38. The van der Waals surface area contributed by atoms with Crippen LogP contribution in [-0.2, 0) is 6.54 Å². The van der Waals surface area contributed by atoms with Gasteiger partial charge in [-0.1, -0.05) is 6.42 Å². The molecule has 1 amide bonds. The van der Waals surface area contributed by atoms with Crippen molar-refractivity contribution in [1.29, 1.82) is 0 Å². The Bertz CT molecular complexity index is 776. The van der Waals surface area contributed by atoms with Crippen molar-refractivity contribution in [2.75, 3.05) is 0 Å². The minimum absolute atomic E-state index is 0.102. The molecule has 2 aliphatic rings. The minimum atomic E-state index is -0.102. The third-order valence-electron chi connectivity index (χ3n) is 6.09. The monoisotopic (exact) mass is 341 g/mol. The van der Waals surface area contributed by atoms with E-state index in [0.29, 0.717) is 18.2 Å². The van der Waals surface area contributed by atoms with Crippen LogP contribution in [-0.4, -0.2) is 21.7 Å². The average Bonchev–Trinajstić information content (AvgIpc) is 3.33. The number of aryl methyl sites for hydroxylation is 2. The van der Waals surface area contributed by atoms with Crippen molar-refractivity contribution in [2.24, 2.45) is 17.8 Å². The first-order chi connectivity index (χ1) is 12.0. The van der Waals surface area contributed by atoms with Gasteiger partial charge in [-0.2, -0.15) is 5.10 Å². The van der Waals surface area contributed by atoms with Crippen LogP contribution in [0.3, 0.4) is 0 Å². The molecule has 2 heterocycles. The molecule has 2 aromatic rings. The maximum Gasteiger partial charge on any atom is 0.287 e. The summed E-state index contributed by atoms with van der Waals surface area (Å²) >= 11 is 0. The Kier molecular flexibility index (Phi) is 4.18. The molecule has 0 aromatic carbocycles. The molecule has 4 rings (SSSR count). The van der Waals surface area contributed by atoms with Crippen molar-refractivity contribution in [3.8, 4) is 0 Å². The summed E-state index contributed by atoms with van der Waals surface area (Å²) in [5, 5.41) is 7.60. The van der Waals surface area contributed by atoms with Crippen molar-refractivity contribution >= 4 is 5.91 Å². The standard InChI is InChI=1S/C20H27N3O2/c1-12-8-13(2)23(22-12)11-17-6-7-19(25-17)20(24)21-14(3)18-10-15-4-5-16(18)9-15/h6-8,14-16,18H,4-5,9-11H2,1-3H3,(H,21,24)/t14-,15+,16+,18-/m1/s1. The van der Waals surface area contributed by atoms with Gasteiger partial charge >= 0.3 is 0 Å². The normalized spacial score (nSPS) is 26.1. The molecule has 2 saturated carbocycles. The van der Waals surface area contributed by atoms with E-state index in [1.54, 1.807) is 6.07 Å². The summed E-state index contributed by atoms with van der Waals surface area (Å²) < 4.78 is 7.66. The first-order valence-electron chi connectivity index (χ1n) is 9.40. The number of nitrogens with one attached hydrogen (secondary N) is 1. The number of nitrogens with zero attached hydrogens (tertiary/aromatic N) is 2. The van der Waals surface area contributed by atoms with Crippen LogP contribution >= 0.6 is 0 Å². The molecule has 0 aliphatic heterocycles. The quantitative estimate of drug-likeness (QED) is 0.902. The lowest BCUT2D eigenvalue weighted by molar-refractivity contribution is 0.0885. The maximum absolute atomic E-state index is 12.5. The summed E-state index contributed by atoms with van der Waals surface area (Å²) in [6, 6.07) is 5.89. The van der Waals surface area contributed by atoms with Crippen LogP contribution in [0.15, 0.2) is 22.6 Å². The lowest BCUT2D eigenvalue weighted by Crippen LogP contribution is -2.40. The molecule has 5 nitrogen and oxygen atoms in total. The smallest absolute Gasteiger partial charge is 0.287 e. The molecular weight excluding hydrogens is 314 g/mol. The largest absolute Gasteiger partial charge is 0.454 e. The van der Waals surface area contributed by atoms with E-state index in [4.69, 9.17) is 4.42 Å². The van der Waals surface area contributed by atoms with Gasteiger partial charge in [0.2, 0.25) is 0 Å². The summed E-state index contributed by atoms with van der Waals surface area (Å²) in [4.78, 5) is 12.5. The number of aromatic nitrogens is 2. The molecule has 2 aromatic heterocycles. The zero-order chi connectivity index (χ0) is 17.6. The van der Waals surface area contributed by atoms with Crippen LogP contribution < -0.4 is 5.32 Å². The fraction of sp³-hybridized carbons (Fsp3) is 0.600. The lowest BCUT2D eigenvalue weighted by atomic mass is 9.84. The number of carbonyl (C=O) groups is 1. The zero-order valence-corrected chi connectivity index (χ0v) is 15.3. The number of hydrogen-bond acceptors (Lipinski definition) is 3. The molecule has 0 radical (unpaired) electrons. The topological polar surface area (TPSA) is 60.1 Å². The number of amides is 1. The van der Waals surface area contributed by atoms with Crippen molar-refractivity contribution in [1.82, 2.24) is 15.1 Å². The number of hydrogen-bond donors (Lipinski definition) is 1. The van der Waals surface area contributed by atoms with Crippen molar-refractivity contribution in [3.63, 3.8) is 0 Å². The molecule has 2 fully saturated rings. The van der Waals surface area contributed by atoms with E-state index in [1.165, 1.54) is 25.7 Å². The molecule has 25 heavy (non-hydrogen) atoms. The Labute approximate surface area is 148 Å². The second kappa shape index (κ2) is 6.36. The Morgan fingerprint density at radius 1 is 1.36 bits per heavy atom. The number of rotatable bonds is 5. The molecular formula is C20H27N3O2. The van der Waals surface area contributed by atoms with Crippen LogP contribution in [0.4, 0.5) is 0 Å². The highest BCUT2D eigenvalue weighted by Crippen LogP contribution is 2.49. The van der Waals surface area contributed by atoms with E-state index < -0.39 is 0 Å². The second-order valence-electron chi connectivity index (χ2n) is 7.95. The second-order valence-corrected chi connectivity index (χ2v) is 7.95. The predicted molar refractivity (Wildman–Crippen MR) is 95.4 cm³/mol. The van der Waals surface area contributed by atoms with Gasteiger partial charge in [-0.05, 0) is 76.0 Å². The summed E-state index contributed by atoms with van der Waals surface area (Å²) in [6.07, 6.45) is 5.35. The van der Waals surface area contributed by atoms with Crippen LogP contribution in [0.1, 0.15) is 60.3 Å². The summed E-state index contributed by atoms with van der Waals surface area (Å²) in [6.45, 7) is 6.69. The molecule has 2 bridgehead atoms. The lowest BCUT2D eigenvalue weighted by Gasteiger charge is -2.28. The highest BCUT2D eigenvalue weighted by atomic mass is 16.4. The molecule has 1 N–H and O–H groups in total. The van der Waals surface area contributed by atoms with Crippen LogP contribution in [0, 0.1) is 31.6 Å². The molecule has 134 valence electrons. The molecule has 4 atom stereocenters. The predicted octanol–water partition coefficient (Wildman–Crippen LogP) is 3.70. The fourth-order valence-electron chi connectivity index (χ4n) is 4.86. The van der Waals surface area contributed by atoms with Crippen molar-refractivity contribution in [3.05, 3.63) is 41.1 Å². The SMILES string of the molecule is Cc1cc(C)n(Cc2ccc(C(=O)N[C@H](C)[C@H]3C[C@H]4CC[C@H]3C4)o2)n1. The van der Waals surface area contributed by atoms with Crippen molar-refractivity contribution < 1.29 is 9.21 Å². The Morgan fingerprint density at radius 3 is 2.84 bits per heavy atom. The number of carbonyl (C=O) groups excluding carboxylic acids is 1. The highest BCUT2D eigenvalue weighted by Gasteiger charge is 2.42. The highest BCUT2D eigenvalue weighted by molar-refractivity contribution is 5.91. The van der Waals surface area contributed by atoms with Gasteiger partial charge in [-0.25, -0.2) is 0 Å². The van der Waals surface area contributed by atoms with Gasteiger partial charge in [0, 0.05) is 11.7 Å². The third kappa shape index (κ3) is 3.24. The first kappa shape index (κ1) is 16.4. The fourth-order valence-corrected chi connectivity index (χ4v) is 4.86. The zero-order valence-electron chi connectivity index (χ0n) is 15.3. The van der Waals surface area contributed by atoms with E-state index in [1.807, 2.05) is 30.7 Å². The van der Waals surface area contributed by atoms with E-state index in [0.717, 1.165) is 29.0 Å². The van der Waals surface area contributed by atoms with Crippen LogP contribution in [0.5, 0.6) is 0 Å². The Balaban J connectivity index is 1.38. The van der Waals surface area contributed by atoms with E-state index in [-0.39, 0.29) is 11.9 Å². The average molecular weight is 341 g/mol. The van der Waals surface area contributed by atoms with Crippen LogP contribution in [0.2, 0.25) is 0 Å². The molecule has 5 heteroatoms. The molecule has 2 aliphatic carbocycles. The van der Waals surface area contributed by atoms with Crippen LogP contribution in [0.25, 0.3) is 0 Å². The van der Waals surface area contributed by atoms with Gasteiger partial charge in [-0.15, -0.1) is 0 Å². The van der Waals surface area contributed by atoms with Gasteiger partial charge in [0.25, 0.3) is 5.91 Å². The number of fused-ring (bicyclic) bond motifs is 2. The van der Waals surface area contributed by atoms with E-state index >= 15 is 0 Å². The van der Waals surface area contributed by atoms with Gasteiger partial charge in [0.15, 0.2) is 5.76 Å². The molecule has 0 saturated heterocycles. The summed E-state index contributed by atoms with van der Waals surface area (Å²) in [5.41, 5.74) is 2.08. The Hall–Kier alpha value is -2.04. The third-order valence-corrected chi connectivity index (χ3v) is 6.09. The maximum atomic E-state index is 12.5. The molecule has 0 spiro atoms. The van der Waals surface area contributed by atoms with E-state index in [2.05, 4.69) is 17.3 Å². The Morgan fingerprint density at radius 2 is 2.20 bits per heavy atom. The minimum Gasteiger partial charge on any atom is -0.454 e. The summed E-state index contributed by atoms with van der Waals surface area (Å²) in [7, 11) is 0. The van der Waals surface area contributed by atoms with Crippen molar-refractivity contribution in [2.45, 2.75) is 59.0 Å².